The fourth-order valence-corrected chi connectivity index (χ4v) is 3.41. The maximum absolute atomic E-state index is 12.3. The van der Waals surface area contributed by atoms with Crippen molar-refractivity contribution in [3.8, 4) is 0 Å². The minimum absolute atomic E-state index is 0.222. The van der Waals surface area contributed by atoms with Crippen molar-refractivity contribution < 1.29 is 4.79 Å². The average Bonchev–Trinajstić information content (AvgIpc) is 2.70. The van der Waals surface area contributed by atoms with Crippen molar-refractivity contribution in [3.05, 3.63) is 22.4 Å². The zero-order chi connectivity index (χ0) is 13.2. The molecule has 1 aromatic rings. The van der Waals surface area contributed by atoms with Crippen LogP contribution >= 0.6 is 11.3 Å². The SMILES string of the molecule is CC(C)(C)C1CCCN(C(=O)c2cccs2)CC1. The lowest BCUT2D eigenvalue weighted by Gasteiger charge is -2.29. The second kappa shape index (κ2) is 5.43. The standard InChI is InChI=1S/C15H23NOS/c1-15(2,3)12-6-4-9-16(10-8-12)14(17)13-7-5-11-18-13/h5,7,11-12H,4,6,8-10H2,1-3H3. The Balaban J connectivity index is 1.99. The van der Waals surface area contributed by atoms with Gasteiger partial charge in [-0.05, 0) is 42.0 Å². The molecule has 1 aliphatic rings. The number of rotatable bonds is 1. The summed E-state index contributed by atoms with van der Waals surface area (Å²) in [4.78, 5) is 15.2. The number of thiophene rings is 1. The Labute approximate surface area is 114 Å². The molecular weight excluding hydrogens is 242 g/mol. The summed E-state index contributed by atoms with van der Waals surface area (Å²) in [7, 11) is 0. The first-order valence-corrected chi connectivity index (χ1v) is 7.69. The molecule has 0 saturated carbocycles. The summed E-state index contributed by atoms with van der Waals surface area (Å²) in [6.07, 6.45) is 3.53. The van der Waals surface area contributed by atoms with Crippen molar-refractivity contribution in [1.82, 2.24) is 4.90 Å². The van der Waals surface area contributed by atoms with Crippen LogP contribution in [0.25, 0.3) is 0 Å². The van der Waals surface area contributed by atoms with Crippen molar-refractivity contribution in [3.63, 3.8) is 0 Å². The number of hydrogen-bond acceptors (Lipinski definition) is 2. The fraction of sp³-hybridized carbons (Fsp3) is 0.667. The first-order valence-electron chi connectivity index (χ1n) is 6.81. The van der Waals surface area contributed by atoms with Gasteiger partial charge in [-0.3, -0.25) is 4.79 Å². The number of carbonyl (C=O) groups excluding carboxylic acids is 1. The Bertz CT molecular complexity index is 391. The van der Waals surface area contributed by atoms with Crippen LogP contribution in [0.5, 0.6) is 0 Å². The molecule has 1 atom stereocenters. The van der Waals surface area contributed by atoms with Gasteiger partial charge in [-0.2, -0.15) is 0 Å². The van der Waals surface area contributed by atoms with Crippen LogP contribution in [-0.2, 0) is 0 Å². The molecule has 2 nitrogen and oxygen atoms in total. The molecule has 1 aliphatic heterocycles. The van der Waals surface area contributed by atoms with Crippen molar-refractivity contribution in [1.29, 1.82) is 0 Å². The zero-order valence-electron chi connectivity index (χ0n) is 11.6. The van der Waals surface area contributed by atoms with Crippen LogP contribution in [-0.4, -0.2) is 23.9 Å². The summed E-state index contributed by atoms with van der Waals surface area (Å²) in [5.41, 5.74) is 0.363. The van der Waals surface area contributed by atoms with Crippen LogP contribution in [0.15, 0.2) is 17.5 Å². The summed E-state index contributed by atoms with van der Waals surface area (Å²) in [6.45, 7) is 8.78. The van der Waals surface area contributed by atoms with Crippen LogP contribution < -0.4 is 0 Å². The topological polar surface area (TPSA) is 20.3 Å². The highest BCUT2D eigenvalue weighted by Gasteiger charge is 2.28. The molecule has 2 heterocycles. The lowest BCUT2D eigenvalue weighted by molar-refractivity contribution is 0.0760. The van der Waals surface area contributed by atoms with Gasteiger partial charge in [0.25, 0.3) is 5.91 Å². The fourth-order valence-electron chi connectivity index (χ4n) is 2.72. The van der Waals surface area contributed by atoms with E-state index in [4.69, 9.17) is 0 Å². The normalized spacial score (nSPS) is 21.7. The zero-order valence-corrected chi connectivity index (χ0v) is 12.4. The van der Waals surface area contributed by atoms with Gasteiger partial charge in [-0.1, -0.05) is 26.8 Å². The molecule has 3 heteroatoms. The van der Waals surface area contributed by atoms with Gasteiger partial charge < -0.3 is 4.90 Å². The molecule has 0 aromatic carbocycles. The number of nitrogens with zero attached hydrogens (tertiary/aromatic N) is 1. The molecule has 1 aromatic heterocycles. The Kier molecular flexibility index (Phi) is 4.10. The predicted octanol–water partition coefficient (Wildman–Crippen LogP) is 4.04. The van der Waals surface area contributed by atoms with E-state index in [1.807, 2.05) is 22.4 Å². The van der Waals surface area contributed by atoms with E-state index in [2.05, 4.69) is 20.8 Å². The van der Waals surface area contributed by atoms with Crippen molar-refractivity contribution in [2.75, 3.05) is 13.1 Å². The predicted molar refractivity (Wildman–Crippen MR) is 77.0 cm³/mol. The Morgan fingerprint density at radius 2 is 2.11 bits per heavy atom. The molecule has 0 bridgehead atoms. The summed E-state index contributed by atoms with van der Waals surface area (Å²) in [5, 5.41) is 1.98. The van der Waals surface area contributed by atoms with Gasteiger partial charge in [0, 0.05) is 13.1 Å². The maximum atomic E-state index is 12.3. The molecule has 2 rings (SSSR count). The van der Waals surface area contributed by atoms with E-state index in [-0.39, 0.29) is 5.91 Å². The summed E-state index contributed by atoms with van der Waals surface area (Å²) >= 11 is 1.55. The highest BCUT2D eigenvalue weighted by atomic mass is 32.1. The highest BCUT2D eigenvalue weighted by Crippen LogP contribution is 2.34. The molecule has 1 amide bonds. The van der Waals surface area contributed by atoms with Crippen LogP contribution in [0.1, 0.15) is 49.7 Å². The number of likely N-dealkylation sites (tertiary alicyclic amines) is 1. The van der Waals surface area contributed by atoms with Crippen molar-refractivity contribution in [2.45, 2.75) is 40.0 Å². The summed E-state index contributed by atoms with van der Waals surface area (Å²) in [5.74, 6) is 0.957. The molecule has 18 heavy (non-hydrogen) atoms. The number of amides is 1. The number of carbonyl (C=O) groups is 1. The third-order valence-corrected chi connectivity index (χ3v) is 4.83. The minimum Gasteiger partial charge on any atom is -0.338 e. The Morgan fingerprint density at radius 1 is 1.33 bits per heavy atom. The van der Waals surface area contributed by atoms with Gasteiger partial charge in [0.2, 0.25) is 0 Å². The Morgan fingerprint density at radius 3 is 2.72 bits per heavy atom. The molecule has 0 aliphatic carbocycles. The molecule has 0 spiro atoms. The minimum atomic E-state index is 0.222. The van der Waals surface area contributed by atoms with Crippen LogP contribution in [0.2, 0.25) is 0 Å². The van der Waals surface area contributed by atoms with Crippen molar-refractivity contribution in [2.24, 2.45) is 11.3 Å². The van der Waals surface area contributed by atoms with E-state index in [1.54, 1.807) is 11.3 Å². The lowest BCUT2D eigenvalue weighted by Crippen LogP contribution is -2.32. The van der Waals surface area contributed by atoms with E-state index < -0.39 is 0 Å². The smallest absolute Gasteiger partial charge is 0.263 e. The monoisotopic (exact) mass is 265 g/mol. The van der Waals surface area contributed by atoms with Gasteiger partial charge in [0.1, 0.15) is 0 Å². The molecule has 0 radical (unpaired) electrons. The van der Waals surface area contributed by atoms with Gasteiger partial charge >= 0.3 is 0 Å². The van der Waals surface area contributed by atoms with Crippen molar-refractivity contribution >= 4 is 17.2 Å². The van der Waals surface area contributed by atoms with Gasteiger partial charge in [-0.25, -0.2) is 0 Å². The first-order chi connectivity index (χ1) is 8.48. The lowest BCUT2D eigenvalue weighted by atomic mass is 9.77. The number of hydrogen-bond donors (Lipinski definition) is 0. The van der Waals surface area contributed by atoms with E-state index >= 15 is 0 Å². The molecule has 1 unspecified atom stereocenters. The first kappa shape index (κ1) is 13.6. The van der Waals surface area contributed by atoms with Crippen LogP contribution in [0.3, 0.4) is 0 Å². The second-order valence-electron chi connectivity index (χ2n) is 6.26. The van der Waals surface area contributed by atoms with Crippen LogP contribution in [0, 0.1) is 11.3 Å². The second-order valence-corrected chi connectivity index (χ2v) is 7.21. The van der Waals surface area contributed by atoms with Gasteiger partial charge in [-0.15, -0.1) is 11.3 Å². The third kappa shape index (κ3) is 3.14. The van der Waals surface area contributed by atoms with E-state index in [1.165, 1.54) is 6.42 Å². The van der Waals surface area contributed by atoms with E-state index in [9.17, 15) is 4.79 Å². The molecule has 100 valence electrons. The molecule has 1 fully saturated rings. The largest absolute Gasteiger partial charge is 0.338 e. The van der Waals surface area contributed by atoms with Gasteiger partial charge in [0.15, 0.2) is 0 Å². The van der Waals surface area contributed by atoms with Gasteiger partial charge in [0.05, 0.1) is 4.88 Å². The molecular formula is C15H23NOS. The third-order valence-electron chi connectivity index (χ3n) is 3.97. The Hall–Kier alpha value is -0.830. The summed E-state index contributed by atoms with van der Waals surface area (Å²) < 4.78 is 0. The highest BCUT2D eigenvalue weighted by molar-refractivity contribution is 7.12. The summed E-state index contributed by atoms with van der Waals surface area (Å²) in [6, 6.07) is 3.88. The van der Waals surface area contributed by atoms with E-state index in [0.29, 0.717) is 5.41 Å². The average molecular weight is 265 g/mol. The molecule has 1 saturated heterocycles. The van der Waals surface area contributed by atoms with E-state index in [0.717, 1.165) is 36.7 Å². The molecule has 0 N–H and O–H groups in total. The van der Waals surface area contributed by atoms with Crippen LogP contribution in [0.4, 0.5) is 0 Å². The quantitative estimate of drug-likeness (QED) is 0.750. The maximum Gasteiger partial charge on any atom is 0.263 e.